The SMILES string of the molecule is CNCC=Cc1ccc(OC)c(CCl)c1. The zero-order valence-corrected chi connectivity index (χ0v) is 9.84. The van der Waals surface area contributed by atoms with Crippen LogP contribution in [0.15, 0.2) is 24.3 Å². The van der Waals surface area contributed by atoms with Crippen LogP contribution in [-0.4, -0.2) is 20.7 Å². The highest BCUT2D eigenvalue weighted by Crippen LogP contribution is 2.22. The predicted octanol–water partition coefficient (Wildman–Crippen LogP) is 2.67. The summed E-state index contributed by atoms with van der Waals surface area (Å²) in [4.78, 5) is 0. The summed E-state index contributed by atoms with van der Waals surface area (Å²) >= 11 is 5.83. The standard InChI is InChI=1S/C12H16ClNO/c1-14-7-3-4-10-5-6-12(15-2)11(8-10)9-13/h3-6,8,14H,7,9H2,1-2H3. The largest absolute Gasteiger partial charge is 0.496 e. The van der Waals surface area contributed by atoms with Gasteiger partial charge in [-0.2, -0.15) is 0 Å². The van der Waals surface area contributed by atoms with E-state index in [1.165, 1.54) is 0 Å². The fourth-order valence-electron chi connectivity index (χ4n) is 1.32. The van der Waals surface area contributed by atoms with Gasteiger partial charge in [0.1, 0.15) is 5.75 Å². The number of rotatable bonds is 5. The molecule has 0 saturated carbocycles. The second-order valence-electron chi connectivity index (χ2n) is 3.16. The van der Waals surface area contributed by atoms with Gasteiger partial charge in [-0.25, -0.2) is 0 Å². The van der Waals surface area contributed by atoms with Crippen LogP contribution in [0.1, 0.15) is 11.1 Å². The van der Waals surface area contributed by atoms with Crippen molar-refractivity contribution in [3.8, 4) is 5.75 Å². The van der Waals surface area contributed by atoms with Crippen LogP contribution in [0.25, 0.3) is 6.08 Å². The van der Waals surface area contributed by atoms with Crippen LogP contribution < -0.4 is 10.1 Å². The van der Waals surface area contributed by atoms with E-state index in [4.69, 9.17) is 16.3 Å². The molecule has 0 atom stereocenters. The van der Waals surface area contributed by atoms with Crippen molar-refractivity contribution in [2.45, 2.75) is 5.88 Å². The number of methoxy groups -OCH3 is 1. The van der Waals surface area contributed by atoms with Gasteiger partial charge in [-0.3, -0.25) is 0 Å². The first kappa shape index (κ1) is 12.1. The highest BCUT2D eigenvalue weighted by Gasteiger charge is 2.01. The molecule has 82 valence electrons. The topological polar surface area (TPSA) is 21.3 Å². The lowest BCUT2D eigenvalue weighted by Crippen LogP contribution is -2.03. The summed E-state index contributed by atoms with van der Waals surface area (Å²) < 4.78 is 5.20. The Morgan fingerprint density at radius 1 is 1.47 bits per heavy atom. The molecule has 0 bridgehead atoms. The Morgan fingerprint density at radius 2 is 2.27 bits per heavy atom. The number of benzene rings is 1. The molecule has 15 heavy (non-hydrogen) atoms. The zero-order valence-electron chi connectivity index (χ0n) is 9.09. The lowest BCUT2D eigenvalue weighted by Gasteiger charge is -2.06. The van der Waals surface area contributed by atoms with Gasteiger partial charge in [-0.05, 0) is 24.7 Å². The highest BCUT2D eigenvalue weighted by atomic mass is 35.5. The van der Waals surface area contributed by atoms with Gasteiger partial charge >= 0.3 is 0 Å². The lowest BCUT2D eigenvalue weighted by molar-refractivity contribution is 0.411. The third kappa shape index (κ3) is 3.57. The first-order chi connectivity index (χ1) is 7.31. The average Bonchev–Trinajstić information content (AvgIpc) is 2.29. The van der Waals surface area contributed by atoms with E-state index in [1.807, 2.05) is 25.2 Å². The molecule has 2 nitrogen and oxygen atoms in total. The minimum absolute atomic E-state index is 0.469. The van der Waals surface area contributed by atoms with E-state index in [0.29, 0.717) is 5.88 Å². The van der Waals surface area contributed by atoms with Gasteiger partial charge in [0.05, 0.1) is 13.0 Å². The number of halogens is 1. The molecule has 0 unspecified atom stereocenters. The van der Waals surface area contributed by atoms with Gasteiger partial charge < -0.3 is 10.1 Å². The molecule has 0 radical (unpaired) electrons. The van der Waals surface area contributed by atoms with Crippen LogP contribution in [0.4, 0.5) is 0 Å². The molecular weight excluding hydrogens is 210 g/mol. The fourth-order valence-corrected chi connectivity index (χ4v) is 1.53. The van der Waals surface area contributed by atoms with Crippen molar-refractivity contribution < 1.29 is 4.74 Å². The Morgan fingerprint density at radius 3 is 2.87 bits per heavy atom. The van der Waals surface area contributed by atoms with Crippen LogP contribution in [-0.2, 0) is 5.88 Å². The maximum atomic E-state index is 5.83. The molecule has 0 aliphatic carbocycles. The third-order valence-electron chi connectivity index (χ3n) is 2.08. The maximum absolute atomic E-state index is 5.83. The van der Waals surface area contributed by atoms with Gasteiger partial charge in [0.2, 0.25) is 0 Å². The van der Waals surface area contributed by atoms with Crippen molar-refractivity contribution in [3.63, 3.8) is 0 Å². The average molecular weight is 226 g/mol. The Balaban J connectivity index is 2.83. The Kier molecular flexibility index (Phi) is 5.22. The van der Waals surface area contributed by atoms with E-state index in [9.17, 15) is 0 Å². The number of hydrogen-bond acceptors (Lipinski definition) is 2. The summed E-state index contributed by atoms with van der Waals surface area (Å²) in [5.41, 5.74) is 2.16. The van der Waals surface area contributed by atoms with Crippen LogP contribution in [0.5, 0.6) is 5.75 Å². The molecule has 0 saturated heterocycles. The summed E-state index contributed by atoms with van der Waals surface area (Å²) in [5, 5.41) is 3.05. The summed E-state index contributed by atoms with van der Waals surface area (Å²) in [5.74, 6) is 1.31. The van der Waals surface area contributed by atoms with E-state index in [2.05, 4.69) is 17.5 Å². The Labute approximate surface area is 95.9 Å². The molecule has 0 aromatic heterocycles. The van der Waals surface area contributed by atoms with E-state index in [-0.39, 0.29) is 0 Å². The molecule has 1 aromatic carbocycles. The van der Waals surface area contributed by atoms with E-state index in [0.717, 1.165) is 23.4 Å². The second kappa shape index (κ2) is 6.49. The van der Waals surface area contributed by atoms with Gasteiger partial charge in [0, 0.05) is 12.1 Å². The summed E-state index contributed by atoms with van der Waals surface area (Å²) in [6.07, 6.45) is 4.13. The van der Waals surface area contributed by atoms with Crippen molar-refractivity contribution in [2.75, 3.05) is 20.7 Å². The van der Waals surface area contributed by atoms with Crippen LogP contribution in [0.3, 0.4) is 0 Å². The monoisotopic (exact) mass is 225 g/mol. The Hall–Kier alpha value is -0.990. The molecule has 0 fully saturated rings. The lowest BCUT2D eigenvalue weighted by atomic mass is 10.1. The van der Waals surface area contributed by atoms with E-state index >= 15 is 0 Å². The van der Waals surface area contributed by atoms with E-state index < -0.39 is 0 Å². The van der Waals surface area contributed by atoms with Crippen molar-refractivity contribution in [1.82, 2.24) is 5.32 Å². The molecule has 0 spiro atoms. The van der Waals surface area contributed by atoms with Crippen LogP contribution in [0, 0.1) is 0 Å². The van der Waals surface area contributed by atoms with Gasteiger partial charge in [0.15, 0.2) is 0 Å². The highest BCUT2D eigenvalue weighted by molar-refractivity contribution is 6.17. The van der Waals surface area contributed by atoms with Crippen molar-refractivity contribution in [2.24, 2.45) is 0 Å². The van der Waals surface area contributed by atoms with Gasteiger partial charge in [0.25, 0.3) is 0 Å². The van der Waals surface area contributed by atoms with Crippen molar-refractivity contribution in [1.29, 1.82) is 0 Å². The minimum Gasteiger partial charge on any atom is -0.496 e. The quantitative estimate of drug-likeness (QED) is 0.778. The number of nitrogens with one attached hydrogen (secondary N) is 1. The summed E-state index contributed by atoms with van der Waals surface area (Å²) in [6.45, 7) is 0.863. The normalized spacial score (nSPS) is 10.9. The molecule has 1 N–H and O–H groups in total. The maximum Gasteiger partial charge on any atom is 0.123 e. The predicted molar refractivity (Wildman–Crippen MR) is 65.5 cm³/mol. The second-order valence-corrected chi connectivity index (χ2v) is 3.43. The molecule has 0 heterocycles. The van der Waals surface area contributed by atoms with Crippen molar-refractivity contribution >= 4 is 17.7 Å². The smallest absolute Gasteiger partial charge is 0.123 e. The fraction of sp³-hybridized carbons (Fsp3) is 0.333. The van der Waals surface area contributed by atoms with Crippen molar-refractivity contribution in [3.05, 3.63) is 35.4 Å². The Bertz CT molecular complexity index is 336. The first-order valence-corrected chi connectivity index (χ1v) is 5.39. The minimum atomic E-state index is 0.469. The third-order valence-corrected chi connectivity index (χ3v) is 2.37. The number of alkyl halides is 1. The molecule has 0 aliphatic rings. The molecule has 0 amide bonds. The molecular formula is C12H16ClNO. The number of ether oxygens (including phenoxy) is 1. The van der Waals surface area contributed by atoms with Gasteiger partial charge in [-0.1, -0.05) is 18.2 Å². The first-order valence-electron chi connectivity index (χ1n) is 4.86. The van der Waals surface area contributed by atoms with Gasteiger partial charge in [-0.15, -0.1) is 11.6 Å². The molecule has 1 rings (SSSR count). The van der Waals surface area contributed by atoms with Crippen LogP contribution in [0.2, 0.25) is 0 Å². The molecule has 1 aromatic rings. The summed E-state index contributed by atoms with van der Waals surface area (Å²) in [7, 11) is 3.57. The van der Waals surface area contributed by atoms with Crippen LogP contribution >= 0.6 is 11.6 Å². The molecule has 0 aliphatic heterocycles. The molecule has 3 heteroatoms. The summed E-state index contributed by atoms with van der Waals surface area (Å²) in [6, 6.07) is 6.00. The zero-order chi connectivity index (χ0) is 11.1. The number of hydrogen-bond donors (Lipinski definition) is 1. The van der Waals surface area contributed by atoms with E-state index in [1.54, 1.807) is 7.11 Å². The number of likely N-dealkylation sites (N-methyl/N-ethyl adjacent to an activating group) is 1.